The van der Waals surface area contributed by atoms with Crippen LogP contribution in [0, 0.1) is 5.92 Å². The highest BCUT2D eigenvalue weighted by atomic mass is 16.5. The predicted molar refractivity (Wildman–Crippen MR) is 138 cm³/mol. The minimum Gasteiger partial charge on any atom is -0.494 e. The minimum absolute atomic E-state index is 0.155. The van der Waals surface area contributed by atoms with Crippen LogP contribution >= 0.6 is 0 Å². The quantitative estimate of drug-likeness (QED) is 0.335. The number of para-hydroxylation sites is 2. The zero-order chi connectivity index (χ0) is 24.0. The third-order valence-corrected chi connectivity index (χ3v) is 6.57. The second kappa shape index (κ2) is 11.1. The van der Waals surface area contributed by atoms with E-state index in [-0.39, 0.29) is 11.3 Å². The van der Waals surface area contributed by atoms with E-state index in [0.717, 1.165) is 75.1 Å². The molecule has 1 N–H and O–H groups in total. The van der Waals surface area contributed by atoms with Gasteiger partial charge in [-0.05, 0) is 67.3 Å². The van der Waals surface area contributed by atoms with Gasteiger partial charge in [-0.15, -0.1) is 0 Å². The van der Waals surface area contributed by atoms with Gasteiger partial charge in [-0.25, -0.2) is 4.98 Å². The molecule has 5 heteroatoms. The molecule has 0 saturated heterocycles. The summed E-state index contributed by atoms with van der Waals surface area (Å²) in [6, 6.07) is 16.9. The van der Waals surface area contributed by atoms with Gasteiger partial charge in [0.15, 0.2) is 0 Å². The van der Waals surface area contributed by atoms with Gasteiger partial charge in [0.25, 0.3) is 0 Å². The van der Waals surface area contributed by atoms with Gasteiger partial charge < -0.3 is 14.6 Å². The number of hydrogen-bond acceptors (Lipinski definition) is 3. The van der Waals surface area contributed by atoms with Crippen molar-refractivity contribution >= 4 is 16.9 Å². The highest BCUT2D eigenvalue weighted by molar-refractivity contribution is 5.80. The molecule has 1 fully saturated rings. The van der Waals surface area contributed by atoms with Crippen molar-refractivity contribution in [1.82, 2.24) is 14.9 Å². The fraction of sp³-hybridized carbons (Fsp3) is 0.517. The lowest BCUT2D eigenvalue weighted by Crippen LogP contribution is -2.25. The fourth-order valence-corrected chi connectivity index (χ4v) is 4.32. The number of ether oxygens (including phenoxy) is 1. The average Bonchev–Trinajstić information content (AvgIpc) is 3.61. The number of imidazole rings is 1. The van der Waals surface area contributed by atoms with Gasteiger partial charge in [0, 0.05) is 25.4 Å². The van der Waals surface area contributed by atoms with Crippen LogP contribution < -0.4 is 10.1 Å². The molecule has 0 unspecified atom stereocenters. The van der Waals surface area contributed by atoms with Gasteiger partial charge >= 0.3 is 0 Å². The Hall–Kier alpha value is -2.82. The number of amides is 1. The highest BCUT2D eigenvalue weighted by Gasteiger charge is 2.28. The standard InChI is InChI=1S/C29H39N3O2/c1-29(2,3)23-15-17-24(18-16-23)34-21-9-20-32-26-11-7-6-10-25(26)31-27(32)12-5-4-8-19-30-28(33)22-13-14-22/h6-7,10-11,15-18,22H,4-5,8-9,12-14,19-21H2,1-3H3,(H,30,33). The second-order valence-electron chi connectivity index (χ2n) is 10.5. The van der Waals surface area contributed by atoms with Crippen LogP contribution in [0.4, 0.5) is 0 Å². The lowest BCUT2D eigenvalue weighted by atomic mass is 9.87. The second-order valence-corrected chi connectivity index (χ2v) is 10.5. The fourth-order valence-electron chi connectivity index (χ4n) is 4.32. The summed E-state index contributed by atoms with van der Waals surface area (Å²) in [7, 11) is 0. The number of nitrogens with one attached hydrogen (secondary N) is 1. The number of carbonyl (C=O) groups excluding carboxylic acids is 1. The van der Waals surface area contributed by atoms with Gasteiger partial charge in [-0.1, -0.05) is 51.5 Å². The Morgan fingerprint density at radius 2 is 1.79 bits per heavy atom. The van der Waals surface area contributed by atoms with Crippen LogP contribution in [0.3, 0.4) is 0 Å². The van der Waals surface area contributed by atoms with Crippen molar-refractivity contribution in [3.8, 4) is 5.75 Å². The van der Waals surface area contributed by atoms with Gasteiger partial charge in [-0.2, -0.15) is 0 Å². The van der Waals surface area contributed by atoms with E-state index in [1.54, 1.807) is 0 Å². The first-order valence-electron chi connectivity index (χ1n) is 12.9. The molecule has 1 heterocycles. The van der Waals surface area contributed by atoms with Crippen molar-refractivity contribution in [3.63, 3.8) is 0 Å². The van der Waals surface area contributed by atoms with Crippen LogP contribution in [0.25, 0.3) is 11.0 Å². The number of nitrogens with zero attached hydrogens (tertiary/aromatic N) is 2. The molecule has 1 amide bonds. The van der Waals surface area contributed by atoms with Crippen molar-refractivity contribution in [2.75, 3.05) is 13.2 Å². The Morgan fingerprint density at radius 1 is 1.03 bits per heavy atom. The Labute approximate surface area is 203 Å². The van der Waals surface area contributed by atoms with E-state index in [9.17, 15) is 4.79 Å². The molecule has 1 saturated carbocycles. The summed E-state index contributed by atoms with van der Waals surface area (Å²) in [4.78, 5) is 16.7. The molecule has 0 spiro atoms. The van der Waals surface area contributed by atoms with Crippen molar-refractivity contribution in [3.05, 3.63) is 59.9 Å². The molecule has 5 nitrogen and oxygen atoms in total. The van der Waals surface area contributed by atoms with Crippen molar-refractivity contribution in [2.24, 2.45) is 5.92 Å². The molecule has 34 heavy (non-hydrogen) atoms. The largest absolute Gasteiger partial charge is 0.494 e. The Balaban J connectivity index is 1.25. The maximum absolute atomic E-state index is 11.7. The summed E-state index contributed by atoms with van der Waals surface area (Å²) in [5, 5.41) is 3.06. The molecule has 0 aliphatic heterocycles. The molecular formula is C29H39N3O2. The van der Waals surface area contributed by atoms with Gasteiger partial charge in [-0.3, -0.25) is 4.79 Å². The van der Waals surface area contributed by atoms with E-state index in [1.807, 2.05) is 0 Å². The Kier molecular flexibility index (Phi) is 7.91. The van der Waals surface area contributed by atoms with Crippen LogP contribution in [-0.4, -0.2) is 28.6 Å². The van der Waals surface area contributed by atoms with Gasteiger partial charge in [0.05, 0.1) is 17.6 Å². The SMILES string of the molecule is CC(C)(C)c1ccc(OCCCn2c(CCCCCNC(=O)C3CC3)nc3ccccc32)cc1. The monoisotopic (exact) mass is 461 g/mol. The van der Waals surface area contributed by atoms with E-state index in [2.05, 4.69) is 79.2 Å². The number of hydrogen-bond donors (Lipinski definition) is 1. The lowest BCUT2D eigenvalue weighted by molar-refractivity contribution is -0.122. The summed E-state index contributed by atoms with van der Waals surface area (Å²) in [6.45, 7) is 9.04. The summed E-state index contributed by atoms with van der Waals surface area (Å²) < 4.78 is 8.38. The molecule has 1 aliphatic carbocycles. The minimum atomic E-state index is 0.155. The van der Waals surface area contributed by atoms with Gasteiger partial charge in [0.2, 0.25) is 5.91 Å². The maximum Gasteiger partial charge on any atom is 0.223 e. The first kappa shape index (κ1) is 24.3. The van der Waals surface area contributed by atoms with E-state index in [0.29, 0.717) is 12.5 Å². The van der Waals surface area contributed by atoms with Crippen LogP contribution in [0.5, 0.6) is 5.75 Å². The summed E-state index contributed by atoms with van der Waals surface area (Å²) in [5.41, 5.74) is 3.73. The topological polar surface area (TPSA) is 56.1 Å². The lowest BCUT2D eigenvalue weighted by Gasteiger charge is -2.19. The first-order valence-corrected chi connectivity index (χ1v) is 12.9. The van der Waals surface area contributed by atoms with Crippen molar-refractivity contribution in [2.45, 2.75) is 77.7 Å². The van der Waals surface area contributed by atoms with Crippen LogP contribution in [0.2, 0.25) is 0 Å². The molecule has 1 aromatic heterocycles. The normalized spacial score (nSPS) is 13.9. The van der Waals surface area contributed by atoms with E-state index in [4.69, 9.17) is 9.72 Å². The zero-order valence-corrected chi connectivity index (χ0v) is 21.0. The van der Waals surface area contributed by atoms with Crippen LogP contribution in [0.1, 0.15) is 70.7 Å². The number of unbranched alkanes of at least 4 members (excludes halogenated alkanes) is 2. The van der Waals surface area contributed by atoms with Gasteiger partial charge in [0.1, 0.15) is 11.6 Å². The molecule has 0 radical (unpaired) electrons. The summed E-state index contributed by atoms with van der Waals surface area (Å²) >= 11 is 0. The van der Waals surface area contributed by atoms with Crippen molar-refractivity contribution in [1.29, 1.82) is 0 Å². The number of carbonyl (C=O) groups is 1. The zero-order valence-electron chi connectivity index (χ0n) is 21.0. The van der Waals surface area contributed by atoms with Crippen LogP contribution in [0.15, 0.2) is 48.5 Å². The van der Waals surface area contributed by atoms with E-state index < -0.39 is 0 Å². The molecule has 2 aromatic carbocycles. The summed E-state index contributed by atoms with van der Waals surface area (Å²) in [6.07, 6.45) is 7.23. The first-order chi connectivity index (χ1) is 16.4. The highest BCUT2D eigenvalue weighted by Crippen LogP contribution is 2.28. The third-order valence-electron chi connectivity index (χ3n) is 6.57. The van der Waals surface area contributed by atoms with E-state index in [1.165, 1.54) is 11.1 Å². The molecule has 0 bridgehead atoms. The van der Waals surface area contributed by atoms with E-state index >= 15 is 0 Å². The molecule has 182 valence electrons. The Bertz CT molecular complexity index is 1070. The number of rotatable bonds is 12. The number of benzene rings is 2. The van der Waals surface area contributed by atoms with Crippen LogP contribution in [-0.2, 0) is 23.2 Å². The number of aryl methyl sites for hydroxylation is 2. The third kappa shape index (κ3) is 6.62. The Morgan fingerprint density at radius 3 is 2.53 bits per heavy atom. The maximum atomic E-state index is 11.7. The number of aromatic nitrogens is 2. The molecule has 1 aliphatic rings. The summed E-state index contributed by atoms with van der Waals surface area (Å²) in [5.74, 6) is 2.62. The molecule has 4 rings (SSSR count). The smallest absolute Gasteiger partial charge is 0.223 e. The molecule has 0 atom stereocenters. The molecule has 3 aromatic rings. The molecular weight excluding hydrogens is 422 g/mol. The van der Waals surface area contributed by atoms with Crippen molar-refractivity contribution < 1.29 is 9.53 Å². The predicted octanol–water partition coefficient (Wildman–Crippen LogP) is 6.04. The number of fused-ring (bicyclic) bond motifs is 1. The average molecular weight is 462 g/mol.